The molecule has 0 aliphatic carbocycles. The van der Waals surface area contributed by atoms with E-state index < -0.39 is 0 Å². The molecule has 0 saturated carbocycles. The molecule has 3 heterocycles. The quantitative estimate of drug-likeness (QED) is 0.425. The van der Waals surface area contributed by atoms with Crippen molar-refractivity contribution in [2.75, 3.05) is 0 Å². The molecule has 142 valence electrons. The summed E-state index contributed by atoms with van der Waals surface area (Å²) >= 11 is 7.58. The lowest BCUT2D eigenvalue weighted by Crippen LogP contribution is -2.14. The van der Waals surface area contributed by atoms with Gasteiger partial charge in [-0.1, -0.05) is 35.9 Å². The van der Waals surface area contributed by atoms with Gasteiger partial charge in [0.1, 0.15) is 10.7 Å². The van der Waals surface area contributed by atoms with Crippen molar-refractivity contribution >= 4 is 22.9 Å². The third-order valence-corrected chi connectivity index (χ3v) is 5.92. The highest BCUT2D eigenvalue weighted by Gasteiger charge is 2.22. The zero-order valence-corrected chi connectivity index (χ0v) is 17.0. The summed E-state index contributed by atoms with van der Waals surface area (Å²) in [7, 11) is 0. The molecular formula is C22H15ClN4OS. The summed E-state index contributed by atoms with van der Waals surface area (Å²) in [5.41, 5.74) is 5.64. The molecule has 7 heteroatoms. The Morgan fingerprint density at radius 1 is 1.03 bits per heavy atom. The Labute approximate surface area is 175 Å². The Bertz CT molecular complexity index is 1320. The first-order valence-corrected chi connectivity index (χ1v) is 10.2. The molecule has 0 saturated heterocycles. The second-order valence-corrected chi connectivity index (χ2v) is 7.99. The van der Waals surface area contributed by atoms with Gasteiger partial charge in [-0.3, -0.25) is 4.79 Å². The van der Waals surface area contributed by atoms with Gasteiger partial charge in [0.2, 0.25) is 0 Å². The fraction of sp³-hybridized carbons (Fsp3) is 0.0455. The minimum absolute atomic E-state index is 0.167. The molecule has 0 spiro atoms. The molecule has 2 aliphatic rings. The molecule has 0 fully saturated rings. The van der Waals surface area contributed by atoms with Gasteiger partial charge < -0.3 is 4.98 Å². The van der Waals surface area contributed by atoms with Crippen LogP contribution in [0.4, 0.5) is 0 Å². The average Bonchev–Trinajstić information content (AvgIpc) is 3.38. The van der Waals surface area contributed by atoms with Crippen molar-refractivity contribution in [1.29, 1.82) is 0 Å². The lowest BCUT2D eigenvalue weighted by Gasteiger charge is -2.10. The van der Waals surface area contributed by atoms with Crippen LogP contribution in [0.5, 0.6) is 0 Å². The van der Waals surface area contributed by atoms with E-state index in [0.717, 1.165) is 27.4 Å². The maximum atomic E-state index is 13.0. The van der Waals surface area contributed by atoms with Gasteiger partial charge >= 0.3 is 0 Å². The highest BCUT2D eigenvalue weighted by Crippen LogP contribution is 2.34. The van der Waals surface area contributed by atoms with Gasteiger partial charge in [0, 0.05) is 39.6 Å². The van der Waals surface area contributed by atoms with Crippen LogP contribution >= 0.6 is 22.9 Å². The number of nitrogens with zero attached hydrogens (tertiary/aromatic N) is 3. The van der Waals surface area contributed by atoms with Crippen LogP contribution in [-0.4, -0.2) is 19.7 Å². The maximum absolute atomic E-state index is 13.0. The molecule has 1 N–H and O–H groups in total. The predicted molar refractivity (Wildman–Crippen MR) is 117 cm³/mol. The summed E-state index contributed by atoms with van der Waals surface area (Å²) in [6.07, 6.45) is 3.52. The fourth-order valence-corrected chi connectivity index (χ4v) is 4.19. The van der Waals surface area contributed by atoms with Crippen LogP contribution in [0.3, 0.4) is 0 Å². The number of nitrogens with one attached hydrogen (secondary N) is 1. The van der Waals surface area contributed by atoms with E-state index in [1.165, 1.54) is 4.68 Å². The molecule has 0 atom stereocenters. The molecule has 3 aromatic rings. The second-order valence-electron chi connectivity index (χ2n) is 6.66. The van der Waals surface area contributed by atoms with Crippen molar-refractivity contribution in [3.05, 3.63) is 87.4 Å². The molecule has 0 bridgehead atoms. The molecule has 0 amide bonds. The van der Waals surface area contributed by atoms with E-state index in [2.05, 4.69) is 15.1 Å². The molecule has 2 aromatic carbocycles. The number of halogens is 1. The molecule has 29 heavy (non-hydrogen) atoms. The number of H-pyrrole nitrogens is 1. The minimum Gasteiger partial charge on any atom is -0.364 e. The Hall–Kier alpha value is -3.22. The lowest BCUT2D eigenvalue weighted by atomic mass is 9.98. The van der Waals surface area contributed by atoms with Crippen LogP contribution < -0.4 is 5.56 Å². The number of benzene rings is 2. The summed E-state index contributed by atoms with van der Waals surface area (Å²) in [4.78, 5) is 20.5. The molecule has 5 rings (SSSR count). The number of hydrogen-bond acceptors (Lipinski definition) is 4. The van der Waals surface area contributed by atoms with E-state index in [1.54, 1.807) is 48.0 Å². The summed E-state index contributed by atoms with van der Waals surface area (Å²) in [5.74, 6) is 0. The van der Waals surface area contributed by atoms with E-state index >= 15 is 0 Å². The SMILES string of the molecule is Cc1[nH]cc2c(=O)n(-c3ccc(Cl)cc3)nc-2c1-c1ccc(-c2nccs2)cc1. The van der Waals surface area contributed by atoms with Crippen LogP contribution in [0, 0.1) is 6.92 Å². The first-order valence-electron chi connectivity index (χ1n) is 8.99. The van der Waals surface area contributed by atoms with Crippen molar-refractivity contribution in [1.82, 2.24) is 19.7 Å². The number of aromatic nitrogens is 4. The Balaban J connectivity index is 1.66. The van der Waals surface area contributed by atoms with Crippen molar-refractivity contribution in [2.24, 2.45) is 0 Å². The first kappa shape index (κ1) is 17.8. The monoisotopic (exact) mass is 418 g/mol. The van der Waals surface area contributed by atoms with Crippen molar-refractivity contribution < 1.29 is 0 Å². The number of hydrogen-bond donors (Lipinski definition) is 1. The van der Waals surface area contributed by atoms with Gasteiger partial charge in [-0.15, -0.1) is 11.3 Å². The summed E-state index contributed by atoms with van der Waals surface area (Å²) in [6.45, 7) is 1.98. The van der Waals surface area contributed by atoms with E-state index in [9.17, 15) is 4.79 Å². The fourth-order valence-electron chi connectivity index (χ4n) is 3.42. The zero-order valence-electron chi connectivity index (χ0n) is 15.4. The number of rotatable bonds is 3. The smallest absolute Gasteiger partial charge is 0.282 e. The number of aromatic amines is 1. The van der Waals surface area contributed by atoms with Gasteiger partial charge in [-0.05, 0) is 36.8 Å². The Kier molecular flexibility index (Phi) is 4.30. The topological polar surface area (TPSA) is 63.6 Å². The average molecular weight is 419 g/mol. The largest absolute Gasteiger partial charge is 0.364 e. The first-order chi connectivity index (χ1) is 14.1. The van der Waals surface area contributed by atoms with E-state index in [-0.39, 0.29) is 5.56 Å². The predicted octanol–water partition coefficient (Wildman–Crippen LogP) is 5.42. The number of thiazole rings is 1. The van der Waals surface area contributed by atoms with Gasteiger partial charge in [0.05, 0.1) is 11.3 Å². The van der Waals surface area contributed by atoms with E-state index in [0.29, 0.717) is 22.0 Å². The molecule has 0 radical (unpaired) electrons. The van der Waals surface area contributed by atoms with Gasteiger partial charge in [-0.25, -0.2) is 4.98 Å². The van der Waals surface area contributed by atoms with Crippen molar-refractivity contribution in [3.63, 3.8) is 0 Å². The number of fused-ring (bicyclic) bond motifs is 1. The van der Waals surface area contributed by atoms with Crippen LogP contribution in [-0.2, 0) is 0 Å². The van der Waals surface area contributed by atoms with E-state index in [4.69, 9.17) is 11.6 Å². The molecule has 2 aliphatic heterocycles. The molecule has 0 unspecified atom stereocenters. The Morgan fingerprint density at radius 2 is 1.76 bits per heavy atom. The molecule has 1 aromatic heterocycles. The zero-order chi connectivity index (χ0) is 20.0. The van der Waals surface area contributed by atoms with Gasteiger partial charge in [-0.2, -0.15) is 9.78 Å². The van der Waals surface area contributed by atoms with Gasteiger partial charge in [0.15, 0.2) is 0 Å². The normalized spacial score (nSPS) is 11.2. The highest BCUT2D eigenvalue weighted by molar-refractivity contribution is 7.13. The lowest BCUT2D eigenvalue weighted by molar-refractivity contribution is 0.858. The van der Waals surface area contributed by atoms with Crippen LogP contribution in [0.25, 0.3) is 38.6 Å². The summed E-state index contributed by atoms with van der Waals surface area (Å²) in [6, 6.07) is 15.2. The second kappa shape index (κ2) is 6.99. The minimum atomic E-state index is -0.167. The maximum Gasteiger partial charge on any atom is 0.282 e. The summed E-state index contributed by atoms with van der Waals surface area (Å²) < 4.78 is 1.42. The Morgan fingerprint density at radius 3 is 2.45 bits per heavy atom. The van der Waals surface area contributed by atoms with Crippen LogP contribution in [0.2, 0.25) is 5.02 Å². The van der Waals surface area contributed by atoms with Crippen molar-refractivity contribution in [2.45, 2.75) is 6.92 Å². The molecular weight excluding hydrogens is 404 g/mol. The van der Waals surface area contributed by atoms with Crippen LogP contribution in [0.1, 0.15) is 5.69 Å². The highest BCUT2D eigenvalue weighted by atomic mass is 35.5. The van der Waals surface area contributed by atoms with E-state index in [1.807, 2.05) is 36.6 Å². The standard InChI is InChI=1S/C22H15ClN4OS/c1-13-19(14-2-4-15(5-3-14)21-24-10-11-29-21)20-18(12-25-13)22(28)27(26-20)17-8-6-16(23)7-9-17/h2-12,25H,1H3. The van der Waals surface area contributed by atoms with Crippen LogP contribution in [0.15, 0.2) is 71.1 Å². The molecule has 5 nitrogen and oxygen atoms in total. The summed E-state index contributed by atoms with van der Waals surface area (Å²) in [5, 5.41) is 8.21. The van der Waals surface area contributed by atoms with Crippen molar-refractivity contribution in [3.8, 4) is 38.6 Å². The third kappa shape index (κ3) is 3.06. The third-order valence-electron chi connectivity index (χ3n) is 4.85. The number of pyridine rings is 1. The number of aryl methyl sites for hydroxylation is 1. The van der Waals surface area contributed by atoms with Gasteiger partial charge in [0.25, 0.3) is 5.56 Å².